The van der Waals surface area contributed by atoms with Crippen LogP contribution in [0, 0.1) is 5.92 Å². The molecule has 1 saturated heterocycles. The fraction of sp³-hybridized carbons (Fsp3) is 0.619. The highest BCUT2D eigenvalue weighted by molar-refractivity contribution is 6.32. The normalized spacial score (nSPS) is 15.2. The molecule has 1 N–H and O–H groups in total. The third-order valence-electron chi connectivity index (χ3n) is 4.74. The van der Waals surface area contributed by atoms with E-state index in [0.29, 0.717) is 36.1 Å². The molecule has 1 aliphatic rings. The van der Waals surface area contributed by atoms with Crippen LogP contribution in [0.3, 0.4) is 0 Å². The molecule has 156 valence electrons. The molecule has 0 atom stereocenters. The summed E-state index contributed by atoms with van der Waals surface area (Å²) in [7, 11) is 1.58. The molecule has 0 aliphatic carbocycles. The van der Waals surface area contributed by atoms with Gasteiger partial charge in [-0.05, 0) is 63.6 Å². The molecule has 0 spiro atoms. The molecule has 0 bridgehead atoms. The highest BCUT2D eigenvalue weighted by Crippen LogP contribution is 2.25. The first kappa shape index (κ1) is 22.3. The van der Waals surface area contributed by atoms with Crippen LogP contribution in [0.25, 0.3) is 0 Å². The molecule has 7 heteroatoms. The maximum atomic E-state index is 12.5. The van der Waals surface area contributed by atoms with Gasteiger partial charge >= 0.3 is 6.09 Å². The number of halogens is 1. The Morgan fingerprint density at radius 1 is 1.25 bits per heavy atom. The zero-order chi connectivity index (χ0) is 20.7. The zero-order valence-corrected chi connectivity index (χ0v) is 18.0. The van der Waals surface area contributed by atoms with E-state index < -0.39 is 5.60 Å². The molecule has 0 saturated carbocycles. The lowest BCUT2D eigenvalue weighted by molar-refractivity contribution is -0.132. The van der Waals surface area contributed by atoms with Gasteiger partial charge in [0.1, 0.15) is 11.4 Å². The number of nitrogens with zero attached hydrogens (tertiary/aromatic N) is 1. The summed E-state index contributed by atoms with van der Waals surface area (Å²) in [6.45, 7) is 7.57. The Bertz CT molecular complexity index is 679. The number of aryl methyl sites for hydroxylation is 1. The van der Waals surface area contributed by atoms with E-state index in [1.807, 2.05) is 43.9 Å². The predicted molar refractivity (Wildman–Crippen MR) is 110 cm³/mol. The first-order chi connectivity index (χ1) is 13.2. The second kappa shape index (κ2) is 10.0. The fourth-order valence-electron chi connectivity index (χ4n) is 3.20. The smallest absolute Gasteiger partial charge is 0.407 e. The van der Waals surface area contributed by atoms with Gasteiger partial charge in [-0.15, -0.1) is 0 Å². The summed E-state index contributed by atoms with van der Waals surface area (Å²) in [5.41, 5.74) is 0.532. The summed E-state index contributed by atoms with van der Waals surface area (Å²) in [6.07, 6.45) is 2.50. The predicted octanol–water partition coefficient (Wildman–Crippen LogP) is 4.04. The summed E-state index contributed by atoms with van der Waals surface area (Å²) in [5.74, 6) is 1.17. The van der Waals surface area contributed by atoms with Crippen LogP contribution in [-0.4, -0.2) is 49.2 Å². The zero-order valence-electron chi connectivity index (χ0n) is 17.2. The van der Waals surface area contributed by atoms with E-state index in [2.05, 4.69) is 5.32 Å². The Kier molecular flexibility index (Phi) is 7.98. The number of piperidine rings is 1. The number of amides is 2. The number of likely N-dealkylation sites (tertiary alicyclic amines) is 1. The van der Waals surface area contributed by atoms with E-state index in [4.69, 9.17) is 21.1 Å². The van der Waals surface area contributed by atoms with Crippen molar-refractivity contribution < 1.29 is 19.1 Å². The van der Waals surface area contributed by atoms with Crippen molar-refractivity contribution in [1.82, 2.24) is 10.2 Å². The van der Waals surface area contributed by atoms with Crippen LogP contribution in [0.2, 0.25) is 5.02 Å². The van der Waals surface area contributed by atoms with Crippen molar-refractivity contribution in [3.8, 4) is 5.75 Å². The topological polar surface area (TPSA) is 67.9 Å². The van der Waals surface area contributed by atoms with E-state index >= 15 is 0 Å². The molecule has 2 rings (SSSR count). The quantitative estimate of drug-likeness (QED) is 0.768. The second-order valence-electron chi connectivity index (χ2n) is 8.18. The number of rotatable bonds is 6. The second-order valence-corrected chi connectivity index (χ2v) is 8.58. The van der Waals surface area contributed by atoms with Gasteiger partial charge in [0, 0.05) is 26.1 Å². The molecule has 1 aliphatic heterocycles. The summed E-state index contributed by atoms with van der Waals surface area (Å²) < 4.78 is 10.4. The summed E-state index contributed by atoms with van der Waals surface area (Å²) in [5, 5.41) is 3.39. The van der Waals surface area contributed by atoms with Crippen LogP contribution in [0.5, 0.6) is 5.75 Å². The number of carbonyl (C=O) groups excluding carboxylic acids is 2. The summed E-state index contributed by atoms with van der Waals surface area (Å²) >= 11 is 6.14. The Labute approximate surface area is 172 Å². The summed E-state index contributed by atoms with van der Waals surface area (Å²) in [6, 6.07) is 5.61. The highest BCUT2D eigenvalue weighted by Gasteiger charge is 2.24. The van der Waals surface area contributed by atoms with Crippen molar-refractivity contribution in [3.05, 3.63) is 28.8 Å². The summed E-state index contributed by atoms with van der Waals surface area (Å²) in [4.78, 5) is 26.1. The molecular formula is C21H31ClN2O4. The van der Waals surface area contributed by atoms with Gasteiger partial charge in [0.2, 0.25) is 5.91 Å². The van der Waals surface area contributed by atoms with Crippen LogP contribution in [0.15, 0.2) is 18.2 Å². The maximum absolute atomic E-state index is 12.5. The Hall–Kier alpha value is -1.95. The minimum Gasteiger partial charge on any atom is -0.495 e. The number of carbonyl (C=O) groups is 2. The van der Waals surface area contributed by atoms with Crippen molar-refractivity contribution in [2.75, 3.05) is 26.7 Å². The molecule has 2 amide bonds. The molecule has 1 aromatic carbocycles. The third kappa shape index (κ3) is 7.23. The molecule has 0 unspecified atom stereocenters. The molecule has 0 radical (unpaired) electrons. The molecule has 1 aromatic rings. The van der Waals surface area contributed by atoms with Crippen molar-refractivity contribution >= 4 is 23.6 Å². The van der Waals surface area contributed by atoms with E-state index in [0.717, 1.165) is 31.5 Å². The lowest BCUT2D eigenvalue weighted by Gasteiger charge is -2.32. The lowest BCUT2D eigenvalue weighted by atomic mass is 9.96. The minimum absolute atomic E-state index is 0.158. The van der Waals surface area contributed by atoms with Gasteiger partial charge in [0.25, 0.3) is 0 Å². The molecule has 28 heavy (non-hydrogen) atoms. The van der Waals surface area contributed by atoms with Crippen molar-refractivity contribution in [1.29, 1.82) is 0 Å². The average Bonchev–Trinajstić information content (AvgIpc) is 2.63. The number of methoxy groups -OCH3 is 1. The first-order valence-corrected chi connectivity index (χ1v) is 10.1. The molecular weight excluding hydrogens is 380 g/mol. The molecule has 6 nitrogen and oxygen atoms in total. The van der Waals surface area contributed by atoms with E-state index in [-0.39, 0.29) is 12.0 Å². The lowest BCUT2D eigenvalue weighted by Crippen LogP contribution is -2.42. The van der Waals surface area contributed by atoms with E-state index in [1.54, 1.807) is 7.11 Å². The van der Waals surface area contributed by atoms with Gasteiger partial charge in [0.05, 0.1) is 12.1 Å². The molecule has 1 fully saturated rings. The molecule has 1 heterocycles. The third-order valence-corrected chi connectivity index (χ3v) is 5.04. The van der Waals surface area contributed by atoms with Crippen LogP contribution < -0.4 is 10.1 Å². The van der Waals surface area contributed by atoms with Gasteiger partial charge in [-0.3, -0.25) is 4.79 Å². The Balaban J connectivity index is 1.70. The van der Waals surface area contributed by atoms with E-state index in [9.17, 15) is 9.59 Å². The van der Waals surface area contributed by atoms with Crippen LogP contribution in [0.1, 0.15) is 45.6 Å². The Morgan fingerprint density at radius 3 is 2.50 bits per heavy atom. The van der Waals surface area contributed by atoms with Crippen LogP contribution in [0.4, 0.5) is 4.79 Å². The van der Waals surface area contributed by atoms with Crippen LogP contribution in [-0.2, 0) is 16.0 Å². The van der Waals surface area contributed by atoms with Gasteiger partial charge in [-0.25, -0.2) is 4.79 Å². The van der Waals surface area contributed by atoms with Gasteiger partial charge in [0.15, 0.2) is 0 Å². The maximum Gasteiger partial charge on any atom is 0.407 e. The number of hydrogen-bond donors (Lipinski definition) is 1. The van der Waals surface area contributed by atoms with Gasteiger partial charge in [-0.1, -0.05) is 17.7 Å². The number of ether oxygens (including phenoxy) is 2. The average molecular weight is 411 g/mol. The number of benzene rings is 1. The largest absolute Gasteiger partial charge is 0.495 e. The highest BCUT2D eigenvalue weighted by atomic mass is 35.5. The number of alkyl carbamates (subject to hydrolysis) is 1. The molecule has 0 aromatic heterocycles. The first-order valence-electron chi connectivity index (χ1n) is 9.75. The van der Waals surface area contributed by atoms with E-state index in [1.165, 1.54) is 0 Å². The standard InChI is InChI=1S/C21H31ClN2O4/c1-21(2,3)28-20(26)23-14-16-9-11-24(12-10-16)19(25)8-6-15-5-7-18(27-4)17(22)13-15/h5,7,13,16H,6,8-12,14H2,1-4H3,(H,23,26). The van der Waals surface area contributed by atoms with Crippen molar-refractivity contribution in [2.45, 2.75) is 52.1 Å². The SMILES string of the molecule is COc1ccc(CCC(=O)N2CCC(CNC(=O)OC(C)(C)C)CC2)cc1Cl. The van der Waals surface area contributed by atoms with Crippen molar-refractivity contribution in [2.24, 2.45) is 5.92 Å². The fourth-order valence-corrected chi connectivity index (χ4v) is 3.48. The monoisotopic (exact) mass is 410 g/mol. The number of hydrogen-bond acceptors (Lipinski definition) is 4. The van der Waals surface area contributed by atoms with Gasteiger partial charge < -0.3 is 19.7 Å². The van der Waals surface area contributed by atoms with Gasteiger partial charge in [-0.2, -0.15) is 0 Å². The van der Waals surface area contributed by atoms with Crippen molar-refractivity contribution in [3.63, 3.8) is 0 Å². The van der Waals surface area contributed by atoms with Crippen LogP contribution >= 0.6 is 11.6 Å². The minimum atomic E-state index is -0.492. The Morgan fingerprint density at radius 2 is 1.93 bits per heavy atom. The number of nitrogens with one attached hydrogen (secondary N) is 1.